The Labute approximate surface area is 89.8 Å². The van der Waals surface area contributed by atoms with Crippen LogP contribution in [0, 0.1) is 0 Å². The fraction of sp³-hybridized carbons (Fsp3) is 0.800. The molecule has 0 aromatic heterocycles. The molecule has 0 radical (unpaired) electrons. The van der Waals surface area contributed by atoms with Crippen molar-refractivity contribution in [3.05, 3.63) is 0 Å². The Kier molecular flexibility index (Phi) is 5.28. The van der Waals surface area contributed by atoms with Gasteiger partial charge in [-0.1, -0.05) is 6.92 Å². The van der Waals surface area contributed by atoms with Crippen LogP contribution in [-0.4, -0.2) is 35.2 Å². The first-order valence-electron chi connectivity index (χ1n) is 5.04. The zero-order valence-electron chi connectivity index (χ0n) is 9.66. The predicted molar refractivity (Wildman–Crippen MR) is 55.6 cm³/mol. The van der Waals surface area contributed by atoms with Gasteiger partial charge in [0.25, 0.3) is 0 Å². The van der Waals surface area contributed by atoms with E-state index in [1.165, 1.54) is 6.92 Å². The molecule has 88 valence electrons. The summed E-state index contributed by atoms with van der Waals surface area (Å²) in [7, 11) is 0. The van der Waals surface area contributed by atoms with Gasteiger partial charge >= 0.3 is 5.97 Å². The Balaban J connectivity index is 4.43. The van der Waals surface area contributed by atoms with Gasteiger partial charge in [-0.05, 0) is 27.2 Å². The number of carbonyl (C=O) groups excluding carboxylic acids is 1. The third-order valence-corrected chi connectivity index (χ3v) is 2.36. The molecule has 2 atom stereocenters. The third kappa shape index (κ3) is 3.87. The van der Waals surface area contributed by atoms with Crippen LogP contribution in [-0.2, 0) is 14.3 Å². The molecule has 15 heavy (non-hydrogen) atoms. The minimum Gasteiger partial charge on any atom is -0.480 e. The molecule has 0 aliphatic carbocycles. The Morgan fingerprint density at radius 2 is 2.00 bits per heavy atom. The van der Waals surface area contributed by atoms with Gasteiger partial charge in [0.1, 0.15) is 11.6 Å². The van der Waals surface area contributed by atoms with Crippen LogP contribution < -0.4 is 5.32 Å². The lowest BCUT2D eigenvalue weighted by atomic mass is 9.99. The number of rotatable bonds is 6. The molecule has 0 heterocycles. The summed E-state index contributed by atoms with van der Waals surface area (Å²) in [6, 6.07) is 0. The summed E-state index contributed by atoms with van der Waals surface area (Å²) in [6.07, 6.45) is -0.298. The number of carboxylic acid groups (broad SMARTS) is 1. The standard InChI is InChI=1S/C10H19NO4/c1-5-10(4,9(13)14)11-8(12)7(3)15-6-2/h7H,5-6H2,1-4H3,(H,11,12)(H,13,14). The first-order valence-corrected chi connectivity index (χ1v) is 5.04. The smallest absolute Gasteiger partial charge is 0.329 e. The van der Waals surface area contributed by atoms with Crippen LogP contribution in [0.1, 0.15) is 34.1 Å². The summed E-state index contributed by atoms with van der Waals surface area (Å²) in [6.45, 7) is 6.98. The number of hydrogen-bond acceptors (Lipinski definition) is 3. The number of hydrogen-bond donors (Lipinski definition) is 2. The zero-order valence-corrected chi connectivity index (χ0v) is 9.66. The zero-order chi connectivity index (χ0) is 12.1. The van der Waals surface area contributed by atoms with Crippen molar-refractivity contribution in [2.75, 3.05) is 6.61 Å². The fourth-order valence-electron chi connectivity index (χ4n) is 0.992. The average Bonchev–Trinajstić information content (AvgIpc) is 2.17. The SMILES string of the molecule is CCOC(C)C(=O)NC(C)(CC)C(=O)O. The lowest BCUT2D eigenvalue weighted by Crippen LogP contribution is -2.54. The van der Waals surface area contributed by atoms with E-state index in [2.05, 4.69) is 5.32 Å². The van der Waals surface area contributed by atoms with E-state index in [9.17, 15) is 9.59 Å². The van der Waals surface area contributed by atoms with Crippen LogP contribution in [0.25, 0.3) is 0 Å². The third-order valence-electron chi connectivity index (χ3n) is 2.36. The van der Waals surface area contributed by atoms with Gasteiger partial charge in [0, 0.05) is 6.61 Å². The molecule has 0 aromatic carbocycles. The summed E-state index contributed by atoms with van der Waals surface area (Å²) < 4.78 is 5.07. The van der Waals surface area contributed by atoms with E-state index >= 15 is 0 Å². The van der Waals surface area contributed by atoms with Crippen molar-refractivity contribution >= 4 is 11.9 Å². The van der Waals surface area contributed by atoms with Gasteiger partial charge in [-0.15, -0.1) is 0 Å². The van der Waals surface area contributed by atoms with Gasteiger partial charge in [0.15, 0.2) is 0 Å². The van der Waals surface area contributed by atoms with Gasteiger partial charge < -0.3 is 15.2 Å². The van der Waals surface area contributed by atoms with Crippen molar-refractivity contribution in [3.8, 4) is 0 Å². The number of amides is 1. The Morgan fingerprint density at radius 3 is 2.33 bits per heavy atom. The first kappa shape index (κ1) is 13.9. The molecule has 0 saturated heterocycles. The van der Waals surface area contributed by atoms with Crippen molar-refractivity contribution in [2.45, 2.75) is 45.8 Å². The molecule has 0 bridgehead atoms. The van der Waals surface area contributed by atoms with E-state index < -0.39 is 23.5 Å². The second-order valence-corrected chi connectivity index (χ2v) is 3.58. The number of nitrogens with one attached hydrogen (secondary N) is 1. The number of aliphatic carboxylic acids is 1. The molecule has 0 aliphatic heterocycles. The largest absolute Gasteiger partial charge is 0.480 e. The highest BCUT2D eigenvalue weighted by molar-refractivity contribution is 5.88. The lowest BCUT2D eigenvalue weighted by molar-refractivity contribution is -0.149. The highest BCUT2D eigenvalue weighted by Crippen LogP contribution is 2.09. The second-order valence-electron chi connectivity index (χ2n) is 3.58. The van der Waals surface area contributed by atoms with Crippen molar-refractivity contribution in [1.82, 2.24) is 5.32 Å². The molecular formula is C10H19NO4. The number of ether oxygens (including phenoxy) is 1. The first-order chi connectivity index (χ1) is 6.87. The topological polar surface area (TPSA) is 75.6 Å². The molecular weight excluding hydrogens is 198 g/mol. The van der Waals surface area contributed by atoms with Gasteiger partial charge in [0.05, 0.1) is 0 Å². The number of carboxylic acids is 1. The van der Waals surface area contributed by atoms with Gasteiger partial charge in [-0.3, -0.25) is 4.79 Å². The van der Waals surface area contributed by atoms with Crippen molar-refractivity contribution in [1.29, 1.82) is 0 Å². The monoisotopic (exact) mass is 217 g/mol. The minimum absolute atomic E-state index is 0.326. The fourth-order valence-corrected chi connectivity index (χ4v) is 0.992. The summed E-state index contributed by atoms with van der Waals surface area (Å²) >= 11 is 0. The van der Waals surface area contributed by atoms with Crippen LogP contribution >= 0.6 is 0 Å². The second kappa shape index (κ2) is 5.70. The Morgan fingerprint density at radius 1 is 1.47 bits per heavy atom. The summed E-state index contributed by atoms with van der Waals surface area (Å²) in [5, 5.41) is 11.4. The summed E-state index contributed by atoms with van der Waals surface area (Å²) in [5.74, 6) is -1.44. The van der Waals surface area contributed by atoms with Crippen molar-refractivity contribution in [2.24, 2.45) is 0 Å². The Hall–Kier alpha value is -1.10. The molecule has 0 fully saturated rings. The van der Waals surface area contributed by atoms with E-state index in [1.807, 2.05) is 0 Å². The van der Waals surface area contributed by atoms with E-state index in [-0.39, 0.29) is 0 Å². The van der Waals surface area contributed by atoms with Crippen LogP contribution in [0.4, 0.5) is 0 Å². The lowest BCUT2D eigenvalue weighted by Gasteiger charge is -2.26. The van der Waals surface area contributed by atoms with Crippen LogP contribution in [0.3, 0.4) is 0 Å². The summed E-state index contributed by atoms with van der Waals surface area (Å²) in [5.41, 5.74) is -1.22. The predicted octanol–water partition coefficient (Wildman–Crippen LogP) is 0.781. The maximum Gasteiger partial charge on any atom is 0.329 e. The molecule has 0 saturated carbocycles. The molecule has 2 unspecified atom stereocenters. The highest BCUT2D eigenvalue weighted by Gasteiger charge is 2.34. The molecule has 1 amide bonds. The minimum atomic E-state index is -1.22. The molecule has 0 aromatic rings. The number of carbonyl (C=O) groups is 2. The van der Waals surface area contributed by atoms with Crippen molar-refractivity contribution in [3.63, 3.8) is 0 Å². The molecule has 0 rings (SSSR count). The van der Waals surface area contributed by atoms with Gasteiger partial charge in [-0.2, -0.15) is 0 Å². The quantitative estimate of drug-likeness (QED) is 0.689. The van der Waals surface area contributed by atoms with E-state index in [0.29, 0.717) is 13.0 Å². The van der Waals surface area contributed by atoms with Crippen LogP contribution in [0.2, 0.25) is 0 Å². The van der Waals surface area contributed by atoms with Gasteiger partial charge in [0.2, 0.25) is 5.91 Å². The highest BCUT2D eigenvalue weighted by atomic mass is 16.5. The maximum atomic E-state index is 11.5. The molecule has 0 spiro atoms. The van der Waals surface area contributed by atoms with E-state index in [4.69, 9.17) is 9.84 Å². The van der Waals surface area contributed by atoms with Crippen LogP contribution in [0.5, 0.6) is 0 Å². The van der Waals surface area contributed by atoms with Crippen LogP contribution in [0.15, 0.2) is 0 Å². The summed E-state index contributed by atoms with van der Waals surface area (Å²) in [4.78, 5) is 22.4. The van der Waals surface area contributed by atoms with Gasteiger partial charge in [-0.25, -0.2) is 4.79 Å². The average molecular weight is 217 g/mol. The molecule has 5 nitrogen and oxygen atoms in total. The molecule has 2 N–H and O–H groups in total. The molecule has 0 aliphatic rings. The van der Waals surface area contributed by atoms with Crippen molar-refractivity contribution < 1.29 is 19.4 Å². The van der Waals surface area contributed by atoms with E-state index in [1.54, 1.807) is 20.8 Å². The Bertz CT molecular complexity index is 242. The maximum absolute atomic E-state index is 11.5. The van der Waals surface area contributed by atoms with E-state index in [0.717, 1.165) is 0 Å². The normalized spacial score (nSPS) is 16.5. The molecule has 5 heteroatoms.